The minimum atomic E-state index is -0.795. The first kappa shape index (κ1) is 19.4. The zero-order chi connectivity index (χ0) is 19.4. The van der Waals surface area contributed by atoms with Gasteiger partial charge in [-0.15, -0.1) is 0 Å². The highest BCUT2D eigenvalue weighted by Gasteiger charge is 2.38. The van der Waals surface area contributed by atoms with Crippen LogP contribution in [0.4, 0.5) is 4.79 Å². The lowest BCUT2D eigenvalue weighted by atomic mass is 10.1. The van der Waals surface area contributed by atoms with Crippen LogP contribution < -0.4 is 10.6 Å². The predicted octanol–water partition coefficient (Wildman–Crippen LogP) is -1.63. The third kappa shape index (κ3) is 4.49. The summed E-state index contributed by atoms with van der Waals surface area (Å²) < 4.78 is 5.27. The van der Waals surface area contributed by atoms with Gasteiger partial charge in [-0.3, -0.25) is 14.4 Å². The van der Waals surface area contributed by atoms with Crippen molar-refractivity contribution in [2.24, 2.45) is 0 Å². The van der Waals surface area contributed by atoms with Gasteiger partial charge in [-0.05, 0) is 12.8 Å². The van der Waals surface area contributed by atoms with Gasteiger partial charge in [0.25, 0.3) is 0 Å². The Labute approximate surface area is 158 Å². The standard InChI is InChI=1S/C17H27N5O5/c1-12(23)22-6-5-21(17(26)20-7-9-27-10-8-20)11-14(22)16(25)19-13-3-2-4-18-15(13)24/h13-14H,2-11H2,1H3,(H,18,24)(H,19,25). The van der Waals surface area contributed by atoms with E-state index in [-0.39, 0.29) is 24.4 Å². The molecule has 0 saturated carbocycles. The summed E-state index contributed by atoms with van der Waals surface area (Å²) in [6, 6.07) is -1.53. The molecule has 2 atom stereocenters. The van der Waals surface area contributed by atoms with Gasteiger partial charge in [0, 0.05) is 39.6 Å². The van der Waals surface area contributed by atoms with Crippen molar-refractivity contribution >= 4 is 23.8 Å². The number of ether oxygens (including phenoxy) is 1. The summed E-state index contributed by atoms with van der Waals surface area (Å²) in [6.07, 6.45) is 1.36. The Morgan fingerprint density at radius 1 is 1.11 bits per heavy atom. The molecule has 0 aromatic rings. The highest BCUT2D eigenvalue weighted by atomic mass is 16.5. The van der Waals surface area contributed by atoms with Gasteiger partial charge >= 0.3 is 6.03 Å². The summed E-state index contributed by atoms with van der Waals surface area (Å²) >= 11 is 0. The molecule has 150 valence electrons. The molecule has 3 aliphatic rings. The van der Waals surface area contributed by atoms with Crippen molar-refractivity contribution < 1.29 is 23.9 Å². The SMILES string of the molecule is CC(=O)N1CCN(C(=O)N2CCOCC2)CC1C(=O)NC1CCCNC1=O. The molecule has 2 N–H and O–H groups in total. The van der Waals surface area contributed by atoms with E-state index in [4.69, 9.17) is 4.74 Å². The van der Waals surface area contributed by atoms with Crippen LogP contribution in [0.5, 0.6) is 0 Å². The van der Waals surface area contributed by atoms with Crippen molar-refractivity contribution in [3.63, 3.8) is 0 Å². The molecule has 10 nitrogen and oxygen atoms in total. The number of nitrogens with one attached hydrogen (secondary N) is 2. The fraction of sp³-hybridized carbons (Fsp3) is 0.765. The summed E-state index contributed by atoms with van der Waals surface area (Å²) in [6.45, 7) is 4.85. The molecule has 0 aromatic carbocycles. The van der Waals surface area contributed by atoms with Crippen LogP contribution in [0, 0.1) is 0 Å². The normalized spacial score (nSPS) is 26.4. The van der Waals surface area contributed by atoms with Crippen molar-refractivity contribution in [2.45, 2.75) is 31.8 Å². The molecular weight excluding hydrogens is 354 g/mol. The van der Waals surface area contributed by atoms with Gasteiger partial charge in [0.15, 0.2) is 0 Å². The van der Waals surface area contributed by atoms with Crippen molar-refractivity contribution in [1.82, 2.24) is 25.3 Å². The molecule has 0 radical (unpaired) electrons. The molecule has 3 aliphatic heterocycles. The fourth-order valence-electron chi connectivity index (χ4n) is 3.69. The highest BCUT2D eigenvalue weighted by molar-refractivity contribution is 5.92. The Balaban J connectivity index is 1.66. The van der Waals surface area contributed by atoms with E-state index in [2.05, 4.69) is 10.6 Å². The first-order chi connectivity index (χ1) is 13.0. The Hall–Kier alpha value is -2.36. The maximum Gasteiger partial charge on any atom is 0.320 e. The molecule has 10 heteroatoms. The third-order valence-corrected chi connectivity index (χ3v) is 5.24. The molecule has 3 saturated heterocycles. The number of morpholine rings is 1. The second kappa shape index (κ2) is 8.55. The molecular formula is C17H27N5O5. The molecule has 3 heterocycles. The first-order valence-corrected chi connectivity index (χ1v) is 9.44. The molecule has 3 fully saturated rings. The van der Waals surface area contributed by atoms with E-state index in [1.807, 2.05) is 0 Å². The van der Waals surface area contributed by atoms with Crippen molar-refractivity contribution in [3.8, 4) is 0 Å². The maximum atomic E-state index is 12.8. The Morgan fingerprint density at radius 3 is 2.52 bits per heavy atom. The summed E-state index contributed by atoms with van der Waals surface area (Å²) in [5.74, 6) is -0.825. The number of urea groups is 1. The number of piperazine rings is 1. The van der Waals surface area contributed by atoms with Crippen LogP contribution in [-0.4, -0.2) is 103 Å². The van der Waals surface area contributed by atoms with Gasteiger partial charge in [-0.2, -0.15) is 0 Å². The van der Waals surface area contributed by atoms with Gasteiger partial charge in [0.05, 0.1) is 19.8 Å². The molecule has 0 spiro atoms. The molecule has 5 amide bonds. The van der Waals surface area contributed by atoms with Crippen molar-refractivity contribution in [2.75, 3.05) is 52.5 Å². The lowest BCUT2D eigenvalue weighted by molar-refractivity contribution is -0.143. The molecule has 27 heavy (non-hydrogen) atoms. The number of nitrogens with zero attached hydrogens (tertiary/aromatic N) is 3. The second-order valence-corrected chi connectivity index (χ2v) is 7.05. The van der Waals surface area contributed by atoms with Crippen LogP contribution in [0.15, 0.2) is 0 Å². The quantitative estimate of drug-likeness (QED) is 0.596. The van der Waals surface area contributed by atoms with Gasteiger partial charge in [-0.1, -0.05) is 0 Å². The van der Waals surface area contributed by atoms with Crippen LogP contribution in [0.25, 0.3) is 0 Å². The average Bonchev–Trinajstić information content (AvgIpc) is 2.69. The molecule has 2 unspecified atom stereocenters. The zero-order valence-electron chi connectivity index (χ0n) is 15.6. The number of carbonyl (C=O) groups excluding carboxylic acids is 4. The molecule has 0 bridgehead atoms. The Kier molecular flexibility index (Phi) is 6.15. The predicted molar refractivity (Wildman–Crippen MR) is 94.7 cm³/mol. The van der Waals surface area contributed by atoms with Crippen LogP contribution >= 0.6 is 0 Å². The smallest absolute Gasteiger partial charge is 0.320 e. The van der Waals surface area contributed by atoms with E-state index in [9.17, 15) is 19.2 Å². The van der Waals surface area contributed by atoms with E-state index in [1.165, 1.54) is 11.8 Å². The Bertz CT molecular complexity index is 607. The van der Waals surface area contributed by atoms with E-state index in [0.717, 1.165) is 6.42 Å². The number of piperidine rings is 1. The van der Waals surface area contributed by atoms with Gasteiger partial charge in [-0.25, -0.2) is 4.79 Å². The van der Waals surface area contributed by atoms with Gasteiger partial charge in [0.1, 0.15) is 12.1 Å². The summed E-state index contributed by atoms with van der Waals surface area (Å²) in [4.78, 5) is 54.2. The second-order valence-electron chi connectivity index (χ2n) is 7.05. The summed E-state index contributed by atoms with van der Waals surface area (Å²) in [7, 11) is 0. The minimum absolute atomic E-state index is 0.121. The molecule has 0 aliphatic carbocycles. The number of rotatable bonds is 2. The number of hydrogen-bond donors (Lipinski definition) is 2. The van der Waals surface area contributed by atoms with Gasteiger partial charge in [0.2, 0.25) is 17.7 Å². The number of amides is 5. The minimum Gasteiger partial charge on any atom is -0.378 e. The molecule has 0 aromatic heterocycles. The highest BCUT2D eigenvalue weighted by Crippen LogP contribution is 2.15. The largest absolute Gasteiger partial charge is 0.378 e. The first-order valence-electron chi connectivity index (χ1n) is 9.44. The van der Waals surface area contributed by atoms with E-state index >= 15 is 0 Å². The Morgan fingerprint density at radius 2 is 1.85 bits per heavy atom. The lowest BCUT2D eigenvalue weighted by Crippen LogP contribution is -2.64. The van der Waals surface area contributed by atoms with Crippen molar-refractivity contribution in [1.29, 1.82) is 0 Å². The monoisotopic (exact) mass is 381 g/mol. The van der Waals surface area contributed by atoms with E-state index < -0.39 is 18.0 Å². The van der Waals surface area contributed by atoms with Crippen LogP contribution in [0.2, 0.25) is 0 Å². The summed E-state index contributed by atoms with van der Waals surface area (Å²) in [5, 5.41) is 5.47. The van der Waals surface area contributed by atoms with Crippen LogP contribution in [-0.2, 0) is 19.1 Å². The maximum absolute atomic E-state index is 12.8. The van der Waals surface area contributed by atoms with E-state index in [1.54, 1.807) is 9.80 Å². The van der Waals surface area contributed by atoms with Crippen LogP contribution in [0.1, 0.15) is 19.8 Å². The van der Waals surface area contributed by atoms with E-state index in [0.29, 0.717) is 52.4 Å². The number of carbonyl (C=O) groups is 4. The fourth-order valence-corrected chi connectivity index (χ4v) is 3.69. The lowest BCUT2D eigenvalue weighted by Gasteiger charge is -2.42. The zero-order valence-corrected chi connectivity index (χ0v) is 15.6. The average molecular weight is 381 g/mol. The molecule has 3 rings (SSSR count). The van der Waals surface area contributed by atoms with Gasteiger partial charge < -0.3 is 30.1 Å². The van der Waals surface area contributed by atoms with Crippen LogP contribution in [0.3, 0.4) is 0 Å². The topological polar surface area (TPSA) is 111 Å². The third-order valence-electron chi connectivity index (χ3n) is 5.24. The summed E-state index contributed by atoms with van der Waals surface area (Å²) in [5.41, 5.74) is 0. The number of hydrogen-bond acceptors (Lipinski definition) is 5. The van der Waals surface area contributed by atoms with Crippen molar-refractivity contribution in [3.05, 3.63) is 0 Å².